The first kappa shape index (κ1) is 17.0. The maximum absolute atomic E-state index is 11.7. The van der Waals surface area contributed by atoms with Gasteiger partial charge in [-0.3, -0.25) is 4.90 Å². The van der Waals surface area contributed by atoms with E-state index in [0.717, 1.165) is 18.6 Å². The van der Waals surface area contributed by atoms with Crippen molar-refractivity contribution in [1.82, 2.24) is 4.90 Å². The van der Waals surface area contributed by atoms with Crippen molar-refractivity contribution in [3.63, 3.8) is 0 Å². The fourth-order valence-corrected chi connectivity index (χ4v) is 3.26. The molecule has 1 aromatic rings. The summed E-state index contributed by atoms with van der Waals surface area (Å²) in [4.78, 5) is 14.0. The average molecular weight is 309 g/mol. The first-order valence-corrected chi connectivity index (χ1v) is 8.11. The van der Waals surface area contributed by atoms with Crippen molar-refractivity contribution >= 4 is 5.97 Å². The maximum Gasteiger partial charge on any atom is 0.341 e. The van der Waals surface area contributed by atoms with Gasteiger partial charge >= 0.3 is 5.97 Å². The number of furan rings is 1. The molecule has 1 aromatic heterocycles. The van der Waals surface area contributed by atoms with Crippen molar-refractivity contribution in [2.45, 2.75) is 64.6 Å². The Morgan fingerprint density at radius 1 is 1.45 bits per heavy atom. The predicted molar refractivity (Wildman–Crippen MR) is 83.7 cm³/mol. The number of aryl methyl sites for hydroxylation is 1. The van der Waals surface area contributed by atoms with E-state index in [2.05, 4.69) is 4.90 Å². The molecule has 0 radical (unpaired) electrons. The highest BCUT2D eigenvalue weighted by molar-refractivity contribution is 5.90. The molecular formula is C17H27NO4. The summed E-state index contributed by atoms with van der Waals surface area (Å²) in [5.41, 5.74) is 0.484. The van der Waals surface area contributed by atoms with Crippen LogP contribution in [0, 0.1) is 6.92 Å². The number of nitrogens with zero attached hydrogens (tertiary/aromatic N) is 1. The van der Waals surface area contributed by atoms with Gasteiger partial charge in [0, 0.05) is 12.6 Å². The molecule has 1 atom stereocenters. The van der Waals surface area contributed by atoms with Crippen LogP contribution in [0.5, 0.6) is 0 Å². The van der Waals surface area contributed by atoms with Crippen LogP contribution in [0.2, 0.25) is 0 Å². The number of esters is 1. The Morgan fingerprint density at radius 2 is 2.14 bits per heavy atom. The fourth-order valence-electron chi connectivity index (χ4n) is 3.26. The minimum Gasteiger partial charge on any atom is -0.465 e. The zero-order chi connectivity index (χ0) is 16.1. The van der Waals surface area contributed by atoms with Gasteiger partial charge < -0.3 is 14.3 Å². The van der Waals surface area contributed by atoms with Crippen LogP contribution in [-0.2, 0) is 11.3 Å². The Labute approximate surface area is 132 Å². The number of aliphatic hydroxyl groups excluding tert-OH is 1. The van der Waals surface area contributed by atoms with Gasteiger partial charge in [-0.25, -0.2) is 4.79 Å². The second-order valence-electron chi connectivity index (χ2n) is 6.24. The van der Waals surface area contributed by atoms with E-state index < -0.39 is 0 Å². The molecule has 1 aliphatic carbocycles. The summed E-state index contributed by atoms with van der Waals surface area (Å²) >= 11 is 0. The lowest BCUT2D eigenvalue weighted by molar-refractivity contribution is 0.0598. The number of carbonyl (C=O) groups is 1. The molecule has 0 aromatic carbocycles. The Hall–Kier alpha value is -1.33. The molecule has 1 fully saturated rings. The summed E-state index contributed by atoms with van der Waals surface area (Å²) < 4.78 is 10.5. The fraction of sp³-hybridized carbons (Fsp3) is 0.706. The molecule has 2 rings (SSSR count). The lowest BCUT2D eigenvalue weighted by Crippen LogP contribution is -2.40. The Balaban J connectivity index is 2.10. The number of hydrogen-bond acceptors (Lipinski definition) is 5. The highest BCUT2D eigenvalue weighted by atomic mass is 16.5. The number of rotatable bonds is 6. The van der Waals surface area contributed by atoms with E-state index in [1.165, 1.54) is 26.4 Å². The van der Waals surface area contributed by atoms with Crippen molar-refractivity contribution in [3.8, 4) is 0 Å². The summed E-state index contributed by atoms with van der Waals surface area (Å²) in [7, 11) is 1.37. The van der Waals surface area contributed by atoms with Crippen LogP contribution in [-0.4, -0.2) is 41.8 Å². The molecule has 1 unspecified atom stereocenters. The van der Waals surface area contributed by atoms with Crippen molar-refractivity contribution in [2.24, 2.45) is 0 Å². The van der Waals surface area contributed by atoms with Crippen molar-refractivity contribution < 1.29 is 19.1 Å². The van der Waals surface area contributed by atoms with Gasteiger partial charge in [-0.1, -0.05) is 19.3 Å². The first-order valence-electron chi connectivity index (χ1n) is 8.11. The third-order valence-corrected chi connectivity index (χ3v) is 4.32. The molecule has 5 nitrogen and oxygen atoms in total. The number of carbonyl (C=O) groups excluding carboxylic acids is 1. The monoisotopic (exact) mass is 309 g/mol. The van der Waals surface area contributed by atoms with Gasteiger partial charge in [0.2, 0.25) is 0 Å². The first-order chi connectivity index (χ1) is 10.5. The zero-order valence-electron chi connectivity index (χ0n) is 13.8. The minimum absolute atomic E-state index is 0.368. The van der Waals surface area contributed by atoms with Gasteiger partial charge in [-0.05, 0) is 32.8 Å². The van der Waals surface area contributed by atoms with Crippen LogP contribution >= 0.6 is 0 Å². The van der Waals surface area contributed by atoms with E-state index >= 15 is 0 Å². The van der Waals surface area contributed by atoms with E-state index in [-0.39, 0.29) is 12.1 Å². The van der Waals surface area contributed by atoms with Gasteiger partial charge in [0.15, 0.2) is 0 Å². The van der Waals surface area contributed by atoms with Crippen molar-refractivity contribution in [3.05, 3.63) is 23.2 Å². The Kier molecular flexibility index (Phi) is 6.03. The van der Waals surface area contributed by atoms with Crippen LogP contribution < -0.4 is 0 Å². The molecule has 0 amide bonds. The number of methoxy groups -OCH3 is 1. The zero-order valence-corrected chi connectivity index (χ0v) is 13.8. The highest BCUT2D eigenvalue weighted by Gasteiger charge is 2.24. The standard InChI is InChI=1S/C17H27NO4/c1-12(19)10-18(14-7-5-4-6-8-14)11-15-9-16(13(2)22-15)17(20)21-3/h9,12,14,19H,4-8,10-11H2,1-3H3. The molecular weight excluding hydrogens is 282 g/mol. The lowest BCUT2D eigenvalue weighted by atomic mass is 9.94. The number of aliphatic hydroxyl groups is 1. The molecule has 0 bridgehead atoms. The predicted octanol–water partition coefficient (Wildman–Crippen LogP) is 2.89. The molecule has 1 saturated carbocycles. The van der Waals surface area contributed by atoms with E-state index in [1.807, 2.05) is 6.92 Å². The van der Waals surface area contributed by atoms with E-state index in [9.17, 15) is 9.90 Å². The average Bonchev–Trinajstić information content (AvgIpc) is 2.87. The molecule has 1 heterocycles. The molecule has 1 N–H and O–H groups in total. The van der Waals surface area contributed by atoms with Gasteiger partial charge in [0.1, 0.15) is 17.1 Å². The van der Waals surface area contributed by atoms with Gasteiger partial charge in [0.25, 0.3) is 0 Å². The summed E-state index contributed by atoms with van der Waals surface area (Å²) in [6, 6.07) is 2.24. The molecule has 5 heteroatoms. The molecule has 22 heavy (non-hydrogen) atoms. The molecule has 0 spiro atoms. The minimum atomic E-state index is -0.377. The van der Waals surface area contributed by atoms with Gasteiger partial charge in [0.05, 0.1) is 19.8 Å². The Bertz CT molecular complexity index is 489. The molecule has 0 aliphatic heterocycles. The van der Waals surface area contributed by atoms with Crippen LogP contribution in [0.3, 0.4) is 0 Å². The summed E-state index contributed by atoms with van der Waals surface area (Å²) in [5.74, 6) is 0.971. The van der Waals surface area contributed by atoms with E-state index in [0.29, 0.717) is 30.5 Å². The second kappa shape index (κ2) is 7.79. The molecule has 1 aliphatic rings. The lowest BCUT2D eigenvalue weighted by Gasteiger charge is -2.34. The number of hydrogen-bond donors (Lipinski definition) is 1. The molecule has 124 valence electrons. The van der Waals surface area contributed by atoms with E-state index in [1.54, 1.807) is 13.0 Å². The molecule has 0 saturated heterocycles. The smallest absolute Gasteiger partial charge is 0.341 e. The topological polar surface area (TPSA) is 62.9 Å². The highest BCUT2D eigenvalue weighted by Crippen LogP contribution is 2.25. The van der Waals surface area contributed by atoms with Crippen LogP contribution in [0.1, 0.15) is 60.9 Å². The van der Waals surface area contributed by atoms with E-state index in [4.69, 9.17) is 9.15 Å². The third kappa shape index (κ3) is 4.34. The van der Waals surface area contributed by atoms with Crippen molar-refractivity contribution in [2.75, 3.05) is 13.7 Å². The summed E-state index contributed by atoms with van der Waals surface area (Å²) in [6.07, 6.45) is 5.73. The third-order valence-electron chi connectivity index (χ3n) is 4.32. The van der Waals surface area contributed by atoms with Crippen molar-refractivity contribution in [1.29, 1.82) is 0 Å². The largest absolute Gasteiger partial charge is 0.465 e. The Morgan fingerprint density at radius 3 is 2.73 bits per heavy atom. The van der Waals surface area contributed by atoms with Crippen LogP contribution in [0.15, 0.2) is 10.5 Å². The maximum atomic E-state index is 11.7. The number of ether oxygens (including phenoxy) is 1. The quantitative estimate of drug-likeness (QED) is 0.819. The van der Waals surface area contributed by atoms with Crippen LogP contribution in [0.25, 0.3) is 0 Å². The van der Waals surface area contributed by atoms with Crippen LogP contribution in [0.4, 0.5) is 0 Å². The SMILES string of the molecule is COC(=O)c1cc(CN(CC(C)O)C2CCCCC2)oc1C. The summed E-state index contributed by atoms with van der Waals surface area (Å²) in [5, 5.41) is 9.77. The second-order valence-corrected chi connectivity index (χ2v) is 6.24. The van der Waals surface area contributed by atoms with Gasteiger partial charge in [-0.15, -0.1) is 0 Å². The normalized spacial score (nSPS) is 17.7. The van der Waals surface area contributed by atoms with Gasteiger partial charge in [-0.2, -0.15) is 0 Å². The summed E-state index contributed by atoms with van der Waals surface area (Å²) in [6.45, 7) is 4.82.